The van der Waals surface area contributed by atoms with Crippen molar-refractivity contribution in [1.82, 2.24) is 30.2 Å². The summed E-state index contributed by atoms with van der Waals surface area (Å²) in [6.07, 6.45) is 1.74. The van der Waals surface area contributed by atoms with Crippen molar-refractivity contribution < 1.29 is 0 Å². The van der Waals surface area contributed by atoms with E-state index in [0.717, 1.165) is 101 Å². The van der Waals surface area contributed by atoms with Crippen molar-refractivity contribution in [1.29, 1.82) is 0 Å². The molecule has 1 aromatic carbocycles. The third kappa shape index (κ3) is 4.01. The van der Waals surface area contributed by atoms with E-state index >= 15 is 0 Å². The van der Waals surface area contributed by atoms with E-state index in [1.165, 1.54) is 0 Å². The van der Waals surface area contributed by atoms with E-state index < -0.39 is 0 Å². The number of benzene rings is 1. The lowest BCUT2D eigenvalue weighted by Gasteiger charge is -2.29. The highest BCUT2D eigenvalue weighted by Crippen LogP contribution is 2.39. The molecule has 2 unspecified atom stereocenters. The maximum absolute atomic E-state index is 6.76. The quantitative estimate of drug-likeness (QED) is 0.330. The number of aromatic nitrogens is 5. The van der Waals surface area contributed by atoms with E-state index in [4.69, 9.17) is 37.3 Å². The molecule has 3 atom stereocenters. The SMILES string of the molecule is CCc1[nH]c2nc(Sc3ccc4c(N5CC6CNC6C5)nc(C)nc4c3)nc(N3CC[C@H](N)C3)c2c1Cl. The molecule has 0 aliphatic carbocycles. The van der Waals surface area contributed by atoms with Crippen LogP contribution in [0.2, 0.25) is 5.02 Å². The van der Waals surface area contributed by atoms with Crippen LogP contribution in [0.3, 0.4) is 0 Å². The van der Waals surface area contributed by atoms with Crippen LogP contribution < -0.4 is 20.9 Å². The Morgan fingerprint density at radius 1 is 1.11 bits per heavy atom. The van der Waals surface area contributed by atoms with Crippen molar-refractivity contribution in [3.8, 4) is 0 Å². The number of rotatable bonds is 5. The number of nitrogens with one attached hydrogen (secondary N) is 2. The number of fused-ring (bicyclic) bond motifs is 3. The van der Waals surface area contributed by atoms with Crippen molar-refractivity contribution in [2.24, 2.45) is 11.7 Å². The molecule has 7 rings (SSSR count). The van der Waals surface area contributed by atoms with Gasteiger partial charge in [0.1, 0.15) is 23.1 Å². The van der Waals surface area contributed by atoms with Gasteiger partial charge in [-0.15, -0.1) is 0 Å². The van der Waals surface area contributed by atoms with Gasteiger partial charge in [-0.05, 0) is 49.7 Å². The maximum Gasteiger partial charge on any atom is 0.196 e. The van der Waals surface area contributed by atoms with E-state index in [9.17, 15) is 0 Å². The highest BCUT2D eigenvalue weighted by atomic mass is 35.5. The number of aryl methyl sites for hydroxylation is 2. The highest BCUT2D eigenvalue weighted by molar-refractivity contribution is 7.99. The van der Waals surface area contributed by atoms with Gasteiger partial charge in [0.2, 0.25) is 0 Å². The summed E-state index contributed by atoms with van der Waals surface area (Å²) in [7, 11) is 0. The first-order valence-corrected chi connectivity index (χ1v) is 14.2. The number of halogens is 1. The van der Waals surface area contributed by atoms with Gasteiger partial charge in [-0.1, -0.05) is 18.5 Å². The maximum atomic E-state index is 6.76. The molecule has 192 valence electrons. The normalized spacial score (nSPS) is 23.3. The van der Waals surface area contributed by atoms with Gasteiger partial charge in [0.05, 0.1) is 15.9 Å². The van der Waals surface area contributed by atoms with Crippen LogP contribution in [0.1, 0.15) is 24.9 Å². The minimum atomic E-state index is 0.142. The first-order valence-electron chi connectivity index (χ1n) is 13.0. The molecule has 3 aliphatic rings. The van der Waals surface area contributed by atoms with Crippen LogP contribution in [0, 0.1) is 12.8 Å². The minimum absolute atomic E-state index is 0.142. The topological polar surface area (TPSA) is 112 Å². The fourth-order valence-corrected chi connectivity index (χ4v) is 6.95. The summed E-state index contributed by atoms with van der Waals surface area (Å²) in [6.45, 7) is 8.84. The average Bonchev–Trinajstić information content (AvgIpc) is 3.53. The Morgan fingerprint density at radius 3 is 2.70 bits per heavy atom. The van der Waals surface area contributed by atoms with E-state index in [1.807, 2.05) is 6.92 Å². The van der Waals surface area contributed by atoms with Crippen molar-refractivity contribution in [2.45, 2.75) is 48.8 Å². The number of anilines is 2. The van der Waals surface area contributed by atoms with Gasteiger partial charge < -0.3 is 25.8 Å². The van der Waals surface area contributed by atoms with Gasteiger partial charge in [0.25, 0.3) is 0 Å². The van der Waals surface area contributed by atoms with Gasteiger partial charge in [-0.3, -0.25) is 0 Å². The van der Waals surface area contributed by atoms with Crippen LogP contribution in [0.4, 0.5) is 11.6 Å². The van der Waals surface area contributed by atoms with E-state index in [2.05, 4.69) is 45.2 Å². The van der Waals surface area contributed by atoms with Crippen LogP contribution in [0.15, 0.2) is 28.3 Å². The van der Waals surface area contributed by atoms with E-state index in [1.54, 1.807) is 11.8 Å². The van der Waals surface area contributed by atoms with Crippen molar-refractivity contribution in [3.05, 3.63) is 34.7 Å². The van der Waals surface area contributed by atoms with Gasteiger partial charge in [-0.25, -0.2) is 19.9 Å². The molecular formula is C26H30ClN9S. The van der Waals surface area contributed by atoms with Crippen LogP contribution in [-0.4, -0.2) is 69.7 Å². The molecule has 9 nitrogen and oxygen atoms in total. The molecule has 0 radical (unpaired) electrons. The molecule has 4 aromatic rings. The molecule has 0 bridgehead atoms. The predicted octanol–water partition coefficient (Wildman–Crippen LogP) is 3.52. The first kappa shape index (κ1) is 23.5. The number of nitrogens with zero attached hydrogens (tertiary/aromatic N) is 6. The summed E-state index contributed by atoms with van der Waals surface area (Å²) in [4.78, 5) is 28.6. The zero-order chi connectivity index (χ0) is 25.3. The summed E-state index contributed by atoms with van der Waals surface area (Å²) in [6, 6.07) is 7.11. The standard InChI is InChI=1S/C26H30ClN9S/c1-3-18-22(27)21-23(32-18)33-26(34-25(21)35-7-6-15(28)11-35)37-16-4-5-17-19(8-16)30-13(2)31-24(17)36-10-14-9-29-20(14)12-36/h4-5,8,14-15,20,29H,3,6-7,9-12,28H2,1-2H3,(H,32,33,34)/t14?,15-,20?/m0/s1. The van der Waals surface area contributed by atoms with Gasteiger partial charge in [0.15, 0.2) is 5.16 Å². The zero-order valence-electron chi connectivity index (χ0n) is 21.0. The van der Waals surface area contributed by atoms with Crippen molar-refractivity contribution in [2.75, 3.05) is 42.5 Å². The molecule has 3 saturated heterocycles. The summed E-state index contributed by atoms with van der Waals surface area (Å²) in [5, 5.41) is 6.89. The predicted molar refractivity (Wildman–Crippen MR) is 149 cm³/mol. The lowest BCUT2D eigenvalue weighted by molar-refractivity contribution is 0.297. The van der Waals surface area contributed by atoms with Crippen LogP contribution >= 0.6 is 23.4 Å². The molecule has 0 amide bonds. The van der Waals surface area contributed by atoms with Crippen LogP contribution in [0.5, 0.6) is 0 Å². The Hall–Kier alpha value is -2.66. The Labute approximate surface area is 224 Å². The van der Waals surface area contributed by atoms with Crippen LogP contribution in [0.25, 0.3) is 21.9 Å². The van der Waals surface area contributed by atoms with Crippen LogP contribution in [-0.2, 0) is 6.42 Å². The van der Waals surface area contributed by atoms with Gasteiger partial charge in [-0.2, -0.15) is 0 Å². The minimum Gasteiger partial charge on any atom is -0.354 e. The largest absolute Gasteiger partial charge is 0.354 e. The van der Waals surface area contributed by atoms with Crippen molar-refractivity contribution >= 4 is 56.9 Å². The summed E-state index contributed by atoms with van der Waals surface area (Å²) < 4.78 is 0. The summed E-state index contributed by atoms with van der Waals surface area (Å²) >= 11 is 8.30. The average molecular weight is 536 g/mol. The second kappa shape index (κ2) is 8.97. The number of aromatic amines is 1. The van der Waals surface area contributed by atoms with Gasteiger partial charge in [0, 0.05) is 66.7 Å². The van der Waals surface area contributed by atoms with Gasteiger partial charge >= 0.3 is 0 Å². The molecule has 6 heterocycles. The molecule has 3 aromatic heterocycles. The number of hydrogen-bond donors (Lipinski definition) is 3. The Bertz CT molecular complexity index is 1510. The molecule has 4 N–H and O–H groups in total. The Morgan fingerprint density at radius 2 is 2.00 bits per heavy atom. The fraction of sp³-hybridized carbons (Fsp3) is 0.462. The summed E-state index contributed by atoms with van der Waals surface area (Å²) in [5.41, 5.74) is 8.93. The smallest absolute Gasteiger partial charge is 0.196 e. The second-order valence-corrected chi connectivity index (χ2v) is 11.8. The number of nitrogens with two attached hydrogens (primary N) is 1. The Balaban J connectivity index is 1.26. The molecule has 37 heavy (non-hydrogen) atoms. The third-order valence-corrected chi connectivity index (χ3v) is 9.12. The Kier molecular flexibility index (Phi) is 5.69. The lowest BCUT2D eigenvalue weighted by atomic mass is 9.96. The molecule has 0 saturated carbocycles. The third-order valence-electron chi connectivity index (χ3n) is 7.85. The first-order chi connectivity index (χ1) is 18.0. The van der Waals surface area contributed by atoms with Crippen molar-refractivity contribution in [3.63, 3.8) is 0 Å². The lowest BCUT2D eigenvalue weighted by Crippen LogP contribution is -2.51. The molecular weight excluding hydrogens is 506 g/mol. The molecule has 11 heteroatoms. The molecule has 0 spiro atoms. The second-order valence-electron chi connectivity index (χ2n) is 10.4. The number of hydrogen-bond acceptors (Lipinski definition) is 9. The fourth-order valence-electron chi connectivity index (χ4n) is 5.81. The summed E-state index contributed by atoms with van der Waals surface area (Å²) in [5.74, 6) is 3.41. The molecule has 3 aliphatic heterocycles. The van der Waals surface area contributed by atoms with E-state index in [0.29, 0.717) is 16.2 Å². The number of H-pyrrole nitrogens is 1. The van der Waals surface area contributed by atoms with E-state index in [-0.39, 0.29) is 6.04 Å². The highest BCUT2D eigenvalue weighted by Gasteiger charge is 2.40. The zero-order valence-corrected chi connectivity index (χ0v) is 22.5. The molecule has 3 fully saturated rings. The monoisotopic (exact) mass is 535 g/mol.